The van der Waals surface area contributed by atoms with E-state index in [0.717, 1.165) is 33.7 Å². The normalized spacial score (nSPS) is 18.2. The Labute approximate surface area is 136 Å². The number of nitrogens with one attached hydrogen (secondary N) is 1. The molecule has 1 heterocycles. The van der Waals surface area contributed by atoms with Crippen molar-refractivity contribution in [3.63, 3.8) is 0 Å². The van der Waals surface area contributed by atoms with Gasteiger partial charge in [-0.25, -0.2) is 4.98 Å². The van der Waals surface area contributed by atoms with Gasteiger partial charge >= 0.3 is 0 Å². The van der Waals surface area contributed by atoms with Gasteiger partial charge in [0.1, 0.15) is 0 Å². The van der Waals surface area contributed by atoms with E-state index in [0.29, 0.717) is 5.92 Å². The predicted molar refractivity (Wildman–Crippen MR) is 93.8 cm³/mol. The summed E-state index contributed by atoms with van der Waals surface area (Å²) in [7, 11) is 0. The molecule has 2 aromatic rings. The van der Waals surface area contributed by atoms with E-state index in [9.17, 15) is 0 Å². The van der Waals surface area contributed by atoms with Crippen LogP contribution in [0.4, 0.5) is 5.13 Å². The smallest absolute Gasteiger partial charge is 0.203 e. The lowest BCUT2D eigenvalue weighted by molar-refractivity contribution is 0.627. The second kappa shape index (κ2) is 7.00. The van der Waals surface area contributed by atoms with Gasteiger partial charge in [-0.15, -0.1) is 11.3 Å². The van der Waals surface area contributed by atoms with Gasteiger partial charge in [-0.2, -0.15) is 5.10 Å². The van der Waals surface area contributed by atoms with Crippen LogP contribution in [0.1, 0.15) is 19.3 Å². The van der Waals surface area contributed by atoms with Crippen LogP contribution in [-0.4, -0.2) is 11.2 Å². The Kier molecular flexibility index (Phi) is 4.83. The molecule has 1 atom stereocenters. The summed E-state index contributed by atoms with van der Waals surface area (Å²) in [5, 5.41) is 7.19. The Morgan fingerprint density at radius 3 is 2.90 bits per heavy atom. The Hall–Kier alpha value is -1.46. The fourth-order valence-corrected chi connectivity index (χ4v) is 3.16. The average Bonchev–Trinajstić information content (AvgIpc) is 2.98. The highest BCUT2D eigenvalue weighted by Gasteiger charge is 2.07. The van der Waals surface area contributed by atoms with Crippen LogP contribution in [0.2, 0.25) is 0 Å². The molecule has 1 aromatic carbocycles. The average molecular weight is 362 g/mol. The van der Waals surface area contributed by atoms with Gasteiger partial charge in [0.2, 0.25) is 5.13 Å². The molecule has 1 aromatic heterocycles. The summed E-state index contributed by atoms with van der Waals surface area (Å²) in [6.07, 6.45) is 9.90. The van der Waals surface area contributed by atoms with Gasteiger partial charge in [-0.1, -0.05) is 40.2 Å². The van der Waals surface area contributed by atoms with Crippen LogP contribution in [-0.2, 0) is 0 Å². The van der Waals surface area contributed by atoms with Gasteiger partial charge in [-0.05, 0) is 37.3 Å². The van der Waals surface area contributed by atoms with Crippen LogP contribution in [0.25, 0.3) is 11.3 Å². The van der Waals surface area contributed by atoms with Crippen molar-refractivity contribution < 1.29 is 0 Å². The number of benzene rings is 1. The van der Waals surface area contributed by atoms with E-state index in [1.54, 1.807) is 11.3 Å². The van der Waals surface area contributed by atoms with Crippen molar-refractivity contribution >= 4 is 38.6 Å². The summed E-state index contributed by atoms with van der Waals surface area (Å²) < 4.78 is 1.07. The number of aromatic nitrogens is 1. The van der Waals surface area contributed by atoms with Crippen LogP contribution < -0.4 is 5.43 Å². The molecule has 1 aliphatic carbocycles. The highest BCUT2D eigenvalue weighted by atomic mass is 79.9. The molecule has 1 unspecified atom stereocenters. The van der Waals surface area contributed by atoms with Crippen molar-refractivity contribution in [1.82, 2.24) is 4.98 Å². The van der Waals surface area contributed by atoms with Crippen molar-refractivity contribution in [2.75, 3.05) is 5.43 Å². The summed E-state index contributed by atoms with van der Waals surface area (Å²) in [6, 6.07) is 8.16. The second-order valence-electron chi connectivity index (χ2n) is 4.98. The first-order chi connectivity index (χ1) is 10.3. The molecule has 1 N–H and O–H groups in total. The van der Waals surface area contributed by atoms with Crippen LogP contribution in [0.3, 0.4) is 0 Å². The monoisotopic (exact) mass is 361 g/mol. The molecule has 0 amide bonds. The van der Waals surface area contributed by atoms with Gasteiger partial charge < -0.3 is 0 Å². The maximum absolute atomic E-state index is 4.56. The minimum Gasteiger partial charge on any atom is -0.253 e. The van der Waals surface area contributed by atoms with Crippen LogP contribution in [0.5, 0.6) is 0 Å². The lowest BCUT2D eigenvalue weighted by Gasteiger charge is -2.11. The largest absolute Gasteiger partial charge is 0.253 e. The molecule has 0 spiro atoms. The summed E-state index contributed by atoms with van der Waals surface area (Å²) >= 11 is 5.01. The van der Waals surface area contributed by atoms with Crippen molar-refractivity contribution in [2.45, 2.75) is 19.3 Å². The topological polar surface area (TPSA) is 37.3 Å². The Morgan fingerprint density at radius 1 is 1.29 bits per heavy atom. The summed E-state index contributed by atoms with van der Waals surface area (Å²) in [5.74, 6) is 0.549. The first kappa shape index (κ1) is 14.5. The van der Waals surface area contributed by atoms with Crippen molar-refractivity contribution in [3.8, 4) is 11.3 Å². The number of thiazole rings is 1. The second-order valence-corrected chi connectivity index (χ2v) is 6.75. The van der Waals surface area contributed by atoms with Gasteiger partial charge in [0, 0.05) is 21.6 Å². The molecule has 21 heavy (non-hydrogen) atoms. The first-order valence-corrected chi connectivity index (χ1v) is 8.64. The highest BCUT2D eigenvalue weighted by molar-refractivity contribution is 9.10. The van der Waals surface area contributed by atoms with Crippen LogP contribution >= 0.6 is 27.3 Å². The highest BCUT2D eigenvalue weighted by Crippen LogP contribution is 2.26. The number of halogens is 1. The number of anilines is 1. The maximum atomic E-state index is 4.56. The van der Waals surface area contributed by atoms with Crippen LogP contribution in [0, 0.1) is 5.92 Å². The fraction of sp³-hybridized carbons (Fsp3) is 0.250. The molecule has 0 fully saturated rings. The molecular formula is C16H16BrN3S. The molecule has 1 aliphatic rings. The molecule has 3 nitrogen and oxygen atoms in total. The number of hydrogen-bond acceptors (Lipinski definition) is 4. The zero-order valence-corrected chi connectivity index (χ0v) is 13.9. The van der Waals surface area contributed by atoms with Gasteiger partial charge in [-0.3, -0.25) is 5.43 Å². The lowest BCUT2D eigenvalue weighted by atomic mass is 9.96. The lowest BCUT2D eigenvalue weighted by Crippen LogP contribution is -2.04. The predicted octanol–water partition coefficient (Wildman–Crippen LogP) is 5.33. The summed E-state index contributed by atoms with van der Waals surface area (Å²) in [5.41, 5.74) is 5.13. The third kappa shape index (κ3) is 4.02. The summed E-state index contributed by atoms with van der Waals surface area (Å²) in [4.78, 5) is 4.56. The molecule has 0 saturated heterocycles. The van der Waals surface area contributed by atoms with E-state index in [1.165, 1.54) is 6.42 Å². The van der Waals surface area contributed by atoms with Crippen molar-refractivity contribution in [1.29, 1.82) is 0 Å². The molecular weight excluding hydrogens is 346 g/mol. The maximum Gasteiger partial charge on any atom is 0.203 e. The first-order valence-electron chi connectivity index (χ1n) is 6.97. The van der Waals surface area contributed by atoms with Gasteiger partial charge in [0.25, 0.3) is 0 Å². The van der Waals surface area contributed by atoms with E-state index < -0.39 is 0 Å². The van der Waals surface area contributed by atoms with Gasteiger partial charge in [0.15, 0.2) is 0 Å². The van der Waals surface area contributed by atoms with Crippen molar-refractivity contribution in [3.05, 3.63) is 46.3 Å². The third-order valence-electron chi connectivity index (χ3n) is 3.40. The molecule has 5 heteroatoms. The quantitative estimate of drug-likeness (QED) is 0.454. The molecule has 108 valence electrons. The number of hydrogen-bond donors (Lipinski definition) is 1. The minimum absolute atomic E-state index is 0.549. The van der Waals surface area contributed by atoms with E-state index in [1.807, 2.05) is 23.7 Å². The number of nitrogens with zero attached hydrogens (tertiary/aromatic N) is 2. The fourth-order valence-electron chi connectivity index (χ4n) is 2.23. The molecule has 0 saturated carbocycles. The Morgan fingerprint density at radius 2 is 2.14 bits per heavy atom. The number of hydrazone groups is 1. The zero-order chi connectivity index (χ0) is 14.5. The molecule has 0 bridgehead atoms. The molecule has 0 aliphatic heterocycles. The van der Waals surface area contributed by atoms with Gasteiger partial charge in [0.05, 0.1) is 5.69 Å². The SMILES string of the molecule is Brc1ccc(-c2csc(N/N=C/C3CC=CCC3)n2)cc1. The van der Waals surface area contributed by atoms with E-state index in [-0.39, 0.29) is 0 Å². The van der Waals surface area contributed by atoms with E-state index in [2.05, 4.69) is 55.7 Å². The minimum atomic E-state index is 0.549. The Balaban J connectivity index is 1.61. The number of rotatable bonds is 4. The Bertz CT molecular complexity index is 646. The van der Waals surface area contributed by atoms with E-state index >= 15 is 0 Å². The number of allylic oxidation sites excluding steroid dienone is 2. The van der Waals surface area contributed by atoms with E-state index in [4.69, 9.17) is 0 Å². The van der Waals surface area contributed by atoms with Crippen molar-refractivity contribution in [2.24, 2.45) is 11.0 Å². The molecule has 0 radical (unpaired) electrons. The summed E-state index contributed by atoms with van der Waals surface area (Å²) in [6.45, 7) is 0. The zero-order valence-electron chi connectivity index (χ0n) is 11.5. The standard InChI is InChI=1S/C16H16BrN3S/c17-14-8-6-13(7-9-14)15-11-21-16(19-15)20-18-10-12-4-2-1-3-5-12/h1-2,6-12H,3-5H2,(H,19,20)/b18-10+. The molecule has 3 rings (SSSR count). The third-order valence-corrected chi connectivity index (χ3v) is 4.67. The van der Waals surface area contributed by atoms with Crippen LogP contribution in [0.15, 0.2) is 51.4 Å².